The second-order valence-corrected chi connectivity index (χ2v) is 14.8. The van der Waals surface area contributed by atoms with Gasteiger partial charge < -0.3 is 15.0 Å². The van der Waals surface area contributed by atoms with Crippen molar-refractivity contribution in [3.8, 4) is 5.75 Å². The number of anilines is 1. The topological polar surface area (TPSA) is 96.0 Å². The van der Waals surface area contributed by atoms with E-state index in [0.717, 1.165) is 14.8 Å². The highest BCUT2D eigenvalue weighted by atomic mass is 35.5. The standard InChI is InChI=1S/C37H42ClN3O5S2/c1-5-46-35-17-10-9-16-33(35)41(48(44,45)32-20-18-31(47-4)19-21-32)26-36(42)40(25-29-14-11-15-30(38)22-29)34(37(43)39-24-27(2)3)23-28-12-7-6-8-13-28/h6-22,27,34H,5,23-26H2,1-4H3,(H,39,43)/t34-/m0/s1. The number of ether oxygens (including phenoxy) is 1. The van der Waals surface area contributed by atoms with Crippen molar-refractivity contribution < 1.29 is 22.7 Å². The Labute approximate surface area is 293 Å². The molecule has 254 valence electrons. The zero-order valence-corrected chi connectivity index (χ0v) is 30.0. The molecular formula is C37H42ClN3O5S2. The summed E-state index contributed by atoms with van der Waals surface area (Å²) in [4.78, 5) is 31.0. The molecule has 2 amide bonds. The molecule has 0 saturated heterocycles. The lowest BCUT2D eigenvalue weighted by Crippen LogP contribution is -2.53. The van der Waals surface area contributed by atoms with E-state index in [1.54, 1.807) is 61.5 Å². The maximum absolute atomic E-state index is 14.7. The van der Waals surface area contributed by atoms with Crippen molar-refractivity contribution in [2.24, 2.45) is 5.92 Å². The third kappa shape index (κ3) is 9.78. The fraction of sp³-hybridized carbons (Fsp3) is 0.297. The fourth-order valence-electron chi connectivity index (χ4n) is 5.14. The van der Waals surface area contributed by atoms with Crippen LogP contribution >= 0.6 is 23.4 Å². The number of hydrogen-bond acceptors (Lipinski definition) is 6. The van der Waals surface area contributed by atoms with Crippen molar-refractivity contribution in [2.75, 3.05) is 30.3 Å². The summed E-state index contributed by atoms with van der Waals surface area (Å²) in [5, 5.41) is 3.48. The van der Waals surface area contributed by atoms with Crippen molar-refractivity contribution >= 4 is 50.9 Å². The number of para-hydroxylation sites is 2. The molecule has 0 unspecified atom stereocenters. The summed E-state index contributed by atoms with van der Waals surface area (Å²) < 4.78 is 35.8. The zero-order valence-electron chi connectivity index (χ0n) is 27.6. The Morgan fingerprint density at radius 2 is 1.56 bits per heavy atom. The first-order valence-corrected chi connectivity index (χ1v) is 18.8. The van der Waals surface area contributed by atoms with Crippen LogP contribution in [-0.4, -0.2) is 57.1 Å². The van der Waals surface area contributed by atoms with Crippen LogP contribution in [-0.2, 0) is 32.6 Å². The van der Waals surface area contributed by atoms with E-state index < -0.39 is 28.5 Å². The van der Waals surface area contributed by atoms with Gasteiger partial charge in [0.2, 0.25) is 11.8 Å². The first-order valence-electron chi connectivity index (χ1n) is 15.8. The van der Waals surface area contributed by atoms with Crippen LogP contribution in [0.3, 0.4) is 0 Å². The van der Waals surface area contributed by atoms with Crippen molar-refractivity contribution in [1.82, 2.24) is 10.2 Å². The molecule has 0 aliphatic rings. The molecule has 0 radical (unpaired) electrons. The Bertz CT molecular complexity index is 1770. The van der Waals surface area contributed by atoms with E-state index in [9.17, 15) is 18.0 Å². The Kier molecular flexibility index (Phi) is 13.4. The largest absolute Gasteiger partial charge is 0.492 e. The molecule has 1 N–H and O–H groups in total. The highest BCUT2D eigenvalue weighted by Crippen LogP contribution is 2.33. The monoisotopic (exact) mass is 707 g/mol. The van der Waals surface area contributed by atoms with E-state index in [1.165, 1.54) is 28.8 Å². The molecule has 0 spiro atoms. The number of carbonyl (C=O) groups excluding carboxylic acids is 2. The third-order valence-electron chi connectivity index (χ3n) is 7.56. The summed E-state index contributed by atoms with van der Waals surface area (Å²) in [6.07, 6.45) is 2.12. The van der Waals surface area contributed by atoms with Crippen molar-refractivity contribution in [1.29, 1.82) is 0 Å². The molecule has 0 aromatic heterocycles. The number of hydrogen-bond donors (Lipinski definition) is 1. The summed E-state index contributed by atoms with van der Waals surface area (Å²) in [7, 11) is -4.28. The van der Waals surface area contributed by atoms with Crippen LogP contribution in [0, 0.1) is 5.92 Å². The summed E-state index contributed by atoms with van der Waals surface area (Å²) in [5.74, 6) is -0.406. The molecule has 0 aliphatic heterocycles. The molecule has 0 fully saturated rings. The predicted molar refractivity (Wildman–Crippen MR) is 194 cm³/mol. The van der Waals surface area contributed by atoms with Crippen molar-refractivity contribution in [2.45, 2.75) is 49.6 Å². The number of nitrogens with zero attached hydrogens (tertiary/aromatic N) is 2. The zero-order chi connectivity index (χ0) is 34.7. The number of nitrogens with one attached hydrogen (secondary N) is 1. The first-order chi connectivity index (χ1) is 23.0. The molecule has 48 heavy (non-hydrogen) atoms. The molecular weight excluding hydrogens is 666 g/mol. The highest BCUT2D eigenvalue weighted by Gasteiger charge is 2.35. The Morgan fingerprint density at radius 1 is 0.896 bits per heavy atom. The second kappa shape index (κ2) is 17.4. The molecule has 11 heteroatoms. The van der Waals surface area contributed by atoms with Crippen LogP contribution in [0.15, 0.2) is 113 Å². The highest BCUT2D eigenvalue weighted by molar-refractivity contribution is 7.98. The molecule has 4 rings (SSSR count). The summed E-state index contributed by atoms with van der Waals surface area (Å²) >= 11 is 7.83. The van der Waals surface area contributed by atoms with Gasteiger partial charge in [-0.15, -0.1) is 11.8 Å². The Hall–Kier alpha value is -3.99. The van der Waals surface area contributed by atoms with E-state index >= 15 is 0 Å². The number of rotatable bonds is 16. The smallest absolute Gasteiger partial charge is 0.264 e. The van der Waals surface area contributed by atoms with E-state index in [2.05, 4.69) is 5.32 Å². The lowest BCUT2D eigenvalue weighted by Gasteiger charge is -2.34. The molecule has 0 saturated carbocycles. The van der Waals surface area contributed by atoms with Gasteiger partial charge >= 0.3 is 0 Å². The molecule has 0 heterocycles. The number of halogens is 1. The maximum atomic E-state index is 14.7. The summed E-state index contributed by atoms with van der Waals surface area (Å²) in [6, 6.07) is 28.8. The van der Waals surface area contributed by atoms with Gasteiger partial charge in [-0.2, -0.15) is 0 Å². The van der Waals surface area contributed by atoms with Crippen LogP contribution in [0.5, 0.6) is 5.75 Å². The van der Waals surface area contributed by atoms with Gasteiger partial charge in [0.15, 0.2) is 0 Å². The molecule has 4 aromatic rings. The fourth-order valence-corrected chi connectivity index (χ4v) is 7.18. The van der Waals surface area contributed by atoms with Gasteiger partial charge in [-0.25, -0.2) is 8.42 Å². The van der Waals surface area contributed by atoms with Gasteiger partial charge in [0, 0.05) is 29.4 Å². The number of thioether (sulfide) groups is 1. The van der Waals surface area contributed by atoms with Crippen molar-refractivity contribution in [3.05, 3.63) is 119 Å². The minimum absolute atomic E-state index is 0.0232. The summed E-state index contributed by atoms with van der Waals surface area (Å²) in [5.41, 5.74) is 1.77. The minimum atomic E-state index is -4.28. The number of carbonyl (C=O) groups is 2. The normalized spacial score (nSPS) is 12.0. The molecule has 8 nitrogen and oxygen atoms in total. The van der Waals surface area contributed by atoms with Crippen molar-refractivity contribution in [3.63, 3.8) is 0 Å². The van der Waals surface area contributed by atoms with E-state index in [-0.39, 0.29) is 42.0 Å². The molecule has 0 bridgehead atoms. The van der Waals surface area contributed by atoms with Gasteiger partial charge in [0.25, 0.3) is 10.0 Å². The lowest BCUT2D eigenvalue weighted by molar-refractivity contribution is -0.140. The number of amides is 2. The van der Waals surface area contributed by atoms with Gasteiger partial charge in [-0.1, -0.05) is 80.0 Å². The van der Waals surface area contributed by atoms with Crippen LogP contribution in [0.1, 0.15) is 31.9 Å². The van der Waals surface area contributed by atoms with Crippen LogP contribution in [0.2, 0.25) is 5.02 Å². The minimum Gasteiger partial charge on any atom is -0.492 e. The number of sulfonamides is 1. The molecule has 0 aliphatic carbocycles. The SMILES string of the molecule is CCOc1ccccc1N(CC(=O)N(Cc1cccc(Cl)c1)[C@@H](Cc1ccccc1)C(=O)NCC(C)C)S(=O)(=O)c1ccc(SC)cc1. The average molecular weight is 708 g/mol. The second-order valence-electron chi connectivity index (χ2n) is 11.6. The van der Waals surface area contributed by atoms with Crippen LogP contribution in [0.25, 0.3) is 0 Å². The van der Waals surface area contributed by atoms with Gasteiger partial charge in [-0.05, 0) is 78.8 Å². The molecule has 1 atom stereocenters. The van der Waals surface area contributed by atoms with E-state index in [1.807, 2.05) is 56.5 Å². The predicted octanol–water partition coefficient (Wildman–Crippen LogP) is 7.07. The first kappa shape index (κ1) is 36.8. The van der Waals surface area contributed by atoms with E-state index in [4.69, 9.17) is 16.3 Å². The van der Waals surface area contributed by atoms with Gasteiger partial charge in [0.05, 0.1) is 17.2 Å². The summed E-state index contributed by atoms with van der Waals surface area (Å²) in [6.45, 7) is 5.93. The molecule has 4 aromatic carbocycles. The van der Waals surface area contributed by atoms with Crippen LogP contribution < -0.4 is 14.4 Å². The maximum Gasteiger partial charge on any atom is 0.264 e. The Balaban J connectivity index is 1.84. The average Bonchev–Trinajstić information content (AvgIpc) is 3.08. The number of benzene rings is 4. The lowest BCUT2D eigenvalue weighted by atomic mass is 10.0. The van der Waals surface area contributed by atoms with Crippen LogP contribution in [0.4, 0.5) is 5.69 Å². The van der Waals surface area contributed by atoms with Gasteiger partial charge in [-0.3, -0.25) is 13.9 Å². The quantitative estimate of drug-likeness (QED) is 0.125. The van der Waals surface area contributed by atoms with Gasteiger partial charge in [0.1, 0.15) is 18.3 Å². The Morgan fingerprint density at radius 3 is 2.21 bits per heavy atom. The third-order valence-corrected chi connectivity index (χ3v) is 10.3. The van der Waals surface area contributed by atoms with E-state index in [0.29, 0.717) is 22.9 Å².